The predicted octanol–water partition coefficient (Wildman–Crippen LogP) is 4.46. The van der Waals surface area contributed by atoms with Gasteiger partial charge in [-0.05, 0) is 61.1 Å². The first kappa shape index (κ1) is 25.8. The molecule has 3 aromatic rings. The number of non-ortho nitro benzene ring substituents is 1. The summed E-state index contributed by atoms with van der Waals surface area (Å²) in [6.07, 6.45) is 2.12. The Morgan fingerprint density at radius 2 is 1.64 bits per heavy atom. The molecule has 39 heavy (non-hydrogen) atoms. The molecule has 10 heteroatoms. The molecule has 198 valence electrons. The number of nitro benzene ring substituents is 1. The molecule has 2 fully saturated rings. The molecule has 0 radical (unpaired) electrons. The molecular weight excluding hydrogens is 502 g/mol. The molecule has 0 spiro atoms. The SMILES string of the molecule is O=C(COC(=O)c1ccc(N2C(=O)[C@H]3C[C@@H](c4ccccc4)CC[C@H]3C2=O)cc1)Nc1cccc([N+](=O)[O-])c1. The zero-order chi connectivity index (χ0) is 27.5. The van der Waals surface area contributed by atoms with Crippen LogP contribution in [0.15, 0.2) is 78.9 Å². The van der Waals surface area contributed by atoms with Crippen molar-refractivity contribution in [3.05, 3.63) is 100 Å². The lowest BCUT2D eigenvalue weighted by molar-refractivity contribution is -0.384. The van der Waals surface area contributed by atoms with Crippen molar-refractivity contribution in [2.75, 3.05) is 16.8 Å². The van der Waals surface area contributed by atoms with Crippen molar-refractivity contribution < 1.29 is 28.8 Å². The maximum atomic E-state index is 13.3. The average molecular weight is 528 g/mol. The third kappa shape index (κ3) is 5.40. The van der Waals surface area contributed by atoms with Gasteiger partial charge < -0.3 is 10.1 Å². The second-order valence-corrected chi connectivity index (χ2v) is 9.62. The van der Waals surface area contributed by atoms with E-state index in [-0.39, 0.29) is 46.5 Å². The topological polar surface area (TPSA) is 136 Å². The van der Waals surface area contributed by atoms with Gasteiger partial charge in [0.2, 0.25) is 11.8 Å². The maximum Gasteiger partial charge on any atom is 0.338 e. The number of anilines is 2. The minimum absolute atomic E-state index is 0.141. The highest BCUT2D eigenvalue weighted by Gasteiger charge is 2.50. The van der Waals surface area contributed by atoms with Crippen LogP contribution in [0.5, 0.6) is 0 Å². The van der Waals surface area contributed by atoms with E-state index in [0.717, 1.165) is 6.42 Å². The van der Waals surface area contributed by atoms with Crippen LogP contribution in [0, 0.1) is 22.0 Å². The van der Waals surface area contributed by atoms with E-state index in [9.17, 15) is 29.3 Å². The summed E-state index contributed by atoms with van der Waals surface area (Å²) in [6, 6.07) is 21.3. The average Bonchev–Trinajstić information content (AvgIpc) is 3.21. The standard InChI is InChI=1S/C29H25N3O7/c33-26(30-21-7-4-8-23(16-21)32(37)38)17-39-29(36)19-9-12-22(13-10-19)31-27(34)24-14-11-20(15-25(24)28(31)35)18-5-2-1-3-6-18/h1-10,12-13,16,20,24-25H,11,14-15,17H2,(H,30,33)/t20-,24+,25-/m0/s1. The molecule has 10 nitrogen and oxygen atoms in total. The first-order valence-corrected chi connectivity index (χ1v) is 12.6. The summed E-state index contributed by atoms with van der Waals surface area (Å²) in [5.74, 6) is -2.35. The van der Waals surface area contributed by atoms with Crippen LogP contribution in [0.1, 0.15) is 41.1 Å². The molecule has 3 amide bonds. The molecule has 1 aliphatic carbocycles. The number of hydrogen-bond donors (Lipinski definition) is 1. The monoisotopic (exact) mass is 527 g/mol. The van der Waals surface area contributed by atoms with Crippen LogP contribution in [-0.4, -0.2) is 35.2 Å². The van der Waals surface area contributed by atoms with Crippen molar-refractivity contribution in [2.24, 2.45) is 11.8 Å². The van der Waals surface area contributed by atoms with Gasteiger partial charge in [0.25, 0.3) is 11.6 Å². The third-order valence-electron chi connectivity index (χ3n) is 7.23. The Morgan fingerprint density at radius 3 is 2.36 bits per heavy atom. The number of imide groups is 1. The van der Waals surface area contributed by atoms with E-state index in [2.05, 4.69) is 17.4 Å². The summed E-state index contributed by atoms with van der Waals surface area (Å²) >= 11 is 0. The lowest BCUT2D eigenvalue weighted by atomic mass is 9.73. The van der Waals surface area contributed by atoms with E-state index < -0.39 is 23.4 Å². The van der Waals surface area contributed by atoms with Gasteiger partial charge in [-0.25, -0.2) is 4.79 Å². The van der Waals surface area contributed by atoms with Gasteiger partial charge in [0, 0.05) is 17.8 Å². The zero-order valence-corrected chi connectivity index (χ0v) is 20.8. The smallest absolute Gasteiger partial charge is 0.338 e. The number of carbonyl (C=O) groups excluding carboxylic acids is 4. The molecule has 0 unspecified atom stereocenters. The van der Waals surface area contributed by atoms with Gasteiger partial charge in [0.1, 0.15) is 0 Å². The van der Waals surface area contributed by atoms with Gasteiger partial charge in [0.15, 0.2) is 6.61 Å². The predicted molar refractivity (Wildman–Crippen MR) is 141 cm³/mol. The zero-order valence-electron chi connectivity index (χ0n) is 20.8. The highest BCUT2D eigenvalue weighted by atomic mass is 16.6. The second kappa shape index (κ2) is 10.9. The summed E-state index contributed by atoms with van der Waals surface area (Å²) in [5, 5.41) is 13.3. The van der Waals surface area contributed by atoms with E-state index in [4.69, 9.17) is 4.74 Å². The number of nitro groups is 1. The highest BCUT2D eigenvalue weighted by molar-refractivity contribution is 6.22. The molecule has 1 heterocycles. The van der Waals surface area contributed by atoms with Crippen molar-refractivity contribution in [2.45, 2.75) is 25.2 Å². The number of carbonyl (C=O) groups is 4. The van der Waals surface area contributed by atoms with E-state index in [1.807, 2.05) is 18.2 Å². The third-order valence-corrected chi connectivity index (χ3v) is 7.23. The van der Waals surface area contributed by atoms with Gasteiger partial charge >= 0.3 is 5.97 Å². The Labute approximate surface area is 223 Å². The van der Waals surface area contributed by atoms with E-state index in [1.165, 1.54) is 59.0 Å². The lowest BCUT2D eigenvalue weighted by Gasteiger charge is -2.28. The second-order valence-electron chi connectivity index (χ2n) is 9.62. The summed E-state index contributed by atoms with van der Waals surface area (Å²) in [7, 11) is 0. The van der Waals surface area contributed by atoms with Crippen LogP contribution >= 0.6 is 0 Å². The Balaban J connectivity index is 1.19. The fourth-order valence-corrected chi connectivity index (χ4v) is 5.32. The van der Waals surface area contributed by atoms with Crippen LogP contribution in [0.25, 0.3) is 0 Å². The lowest BCUT2D eigenvalue weighted by Crippen LogP contribution is -2.30. The molecule has 3 atom stereocenters. The molecule has 0 aromatic heterocycles. The molecule has 1 aliphatic heterocycles. The summed E-state index contributed by atoms with van der Waals surface area (Å²) in [4.78, 5) is 62.5. The number of amides is 3. The van der Waals surface area contributed by atoms with Crippen molar-refractivity contribution in [1.82, 2.24) is 0 Å². The Bertz CT molecular complexity index is 1440. The molecular formula is C29H25N3O7. The number of hydrogen-bond acceptors (Lipinski definition) is 7. The first-order chi connectivity index (χ1) is 18.8. The van der Waals surface area contributed by atoms with E-state index >= 15 is 0 Å². The van der Waals surface area contributed by atoms with Crippen LogP contribution in [0.3, 0.4) is 0 Å². The van der Waals surface area contributed by atoms with Crippen molar-refractivity contribution in [3.8, 4) is 0 Å². The molecule has 5 rings (SSSR count). The van der Waals surface area contributed by atoms with Crippen molar-refractivity contribution in [3.63, 3.8) is 0 Å². The molecule has 1 saturated carbocycles. The molecule has 2 aliphatic rings. The Kier molecular flexibility index (Phi) is 7.18. The Morgan fingerprint density at radius 1 is 0.923 bits per heavy atom. The number of fused-ring (bicyclic) bond motifs is 1. The minimum atomic E-state index is -0.769. The maximum absolute atomic E-state index is 13.3. The summed E-state index contributed by atoms with van der Waals surface area (Å²) in [6.45, 7) is -0.599. The highest BCUT2D eigenvalue weighted by Crippen LogP contribution is 2.45. The van der Waals surface area contributed by atoms with Crippen molar-refractivity contribution in [1.29, 1.82) is 0 Å². The van der Waals surface area contributed by atoms with Gasteiger partial charge in [-0.3, -0.25) is 29.4 Å². The van der Waals surface area contributed by atoms with E-state index in [0.29, 0.717) is 18.5 Å². The number of ether oxygens (including phenoxy) is 1. The Hall–Kier alpha value is -4.86. The fourth-order valence-electron chi connectivity index (χ4n) is 5.32. The van der Waals surface area contributed by atoms with Crippen molar-refractivity contribution >= 4 is 40.8 Å². The van der Waals surface area contributed by atoms with Crippen LogP contribution in [0.2, 0.25) is 0 Å². The fraction of sp³-hybridized carbons (Fsp3) is 0.241. The van der Waals surface area contributed by atoms with Gasteiger partial charge in [-0.15, -0.1) is 0 Å². The first-order valence-electron chi connectivity index (χ1n) is 12.6. The molecule has 3 aromatic carbocycles. The number of esters is 1. The minimum Gasteiger partial charge on any atom is -0.452 e. The summed E-state index contributed by atoms with van der Waals surface area (Å²) < 4.78 is 5.05. The van der Waals surface area contributed by atoms with Gasteiger partial charge in [-0.2, -0.15) is 0 Å². The normalized spacial score (nSPS) is 20.3. The summed E-state index contributed by atoms with van der Waals surface area (Å²) in [5.41, 5.74) is 1.72. The quantitative estimate of drug-likeness (QED) is 0.207. The molecule has 0 bridgehead atoms. The molecule has 1 N–H and O–H groups in total. The van der Waals surface area contributed by atoms with Crippen LogP contribution in [0.4, 0.5) is 17.1 Å². The van der Waals surface area contributed by atoms with Crippen LogP contribution < -0.4 is 10.2 Å². The van der Waals surface area contributed by atoms with Gasteiger partial charge in [0.05, 0.1) is 28.0 Å². The van der Waals surface area contributed by atoms with E-state index in [1.54, 1.807) is 0 Å². The number of rotatable bonds is 7. The van der Waals surface area contributed by atoms with Crippen LogP contribution in [-0.2, 0) is 19.1 Å². The largest absolute Gasteiger partial charge is 0.452 e. The molecule has 1 saturated heterocycles. The number of nitrogens with one attached hydrogen (secondary N) is 1. The van der Waals surface area contributed by atoms with Gasteiger partial charge in [-0.1, -0.05) is 36.4 Å². The number of nitrogens with zero attached hydrogens (tertiary/aromatic N) is 2. The number of benzene rings is 3.